The monoisotopic (exact) mass is 353 g/mol. The summed E-state index contributed by atoms with van der Waals surface area (Å²) < 4.78 is 5.67. The maximum Gasteiger partial charge on any atom is 0.127 e. The number of rotatable bonds is 5. The molecule has 7 heteroatoms. The number of nitrogens with zero attached hydrogens (tertiary/aromatic N) is 2. The second-order valence-electron chi connectivity index (χ2n) is 7.22. The topological polar surface area (TPSA) is 110 Å². The van der Waals surface area contributed by atoms with E-state index in [-0.39, 0.29) is 11.7 Å². The fourth-order valence-corrected chi connectivity index (χ4v) is 4.19. The number of nitrogens with two attached hydrogens (primary N) is 1. The first kappa shape index (κ1) is 17.0. The van der Waals surface area contributed by atoms with Gasteiger partial charge in [0.1, 0.15) is 11.5 Å². The van der Waals surface area contributed by atoms with Crippen molar-refractivity contribution in [3.8, 4) is 11.5 Å². The van der Waals surface area contributed by atoms with Crippen molar-refractivity contribution in [2.75, 3.05) is 5.17 Å². The molecule has 4 rings (SSSR count). The van der Waals surface area contributed by atoms with Gasteiger partial charge in [-0.3, -0.25) is 5.21 Å². The van der Waals surface area contributed by atoms with Gasteiger partial charge in [-0.25, -0.2) is 5.84 Å². The Morgan fingerprint density at radius 2 is 1.81 bits per heavy atom. The summed E-state index contributed by atoms with van der Waals surface area (Å²) >= 11 is 0. The highest BCUT2D eigenvalue weighted by atomic mass is 16.6. The molecule has 7 nitrogen and oxygen atoms in total. The molecular weight excluding hydrogens is 330 g/mol. The molecule has 0 aliphatic heterocycles. The van der Waals surface area contributed by atoms with E-state index >= 15 is 0 Å². The SMILES string of the molecule is [NH-]c1ccc([NH-])c(Oc2ccc(N(O)N(N)C3CC4CCC3C4)cc2)c1. The summed E-state index contributed by atoms with van der Waals surface area (Å²) in [5.41, 5.74) is 16.5. The summed E-state index contributed by atoms with van der Waals surface area (Å²) in [6, 6.07) is 11.6. The summed E-state index contributed by atoms with van der Waals surface area (Å²) in [5, 5.41) is 12.9. The molecule has 5 N–H and O–H groups in total. The summed E-state index contributed by atoms with van der Waals surface area (Å²) in [6.07, 6.45) is 4.72. The van der Waals surface area contributed by atoms with Crippen molar-refractivity contribution in [1.29, 1.82) is 0 Å². The van der Waals surface area contributed by atoms with E-state index in [4.69, 9.17) is 22.0 Å². The highest BCUT2D eigenvalue weighted by Crippen LogP contribution is 2.46. The van der Waals surface area contributed by atoms with E-state index in [0.717, 1.165) is 17.5 Å². The van der Waals surface area contributed by atoms with E-state index < -0.39 is 0 Å². The standard InChI is InChI=1S/C19H23N5O2/c20-14-3-8-17(21)19(11-14)26-16-6-4-15(5-7-16)24(25)23(22)18-10-12-1-2-13(18)9-12/h3-8,11-13,18,20-21,25H,1-2,9-10,22H2/q-2. The molecule has 0 aromatic heterocycles. The van der Waals surface area contributed by atoms with Crippen LogP contribution in [0.5, 0.6) is 11.5 Å². The van der Waals surface area contributed by atoms with Gasteiger partial charge in [0.05, 0.1) is 11.7 Å². The third-order valence-corrected chi connectivity index (χ3v) is 5.54. The van der Waals surface area contributed by atoms with Crippen molar-refractivity contribution in [1.82, 2.24) is 5.12 Å². The van der Waals surface area contributed by atoms with Crippen molar-refractivity contribution >= 4 is 17.1 Å². The number of hydrogen-bond acceptors (Lipinski definition) is 5. The fraction of sp³-hybridized carbons (Fsp3) is 0.368. The Hall–Kier alpha value is -2.48. The van der Waals surface area contributed by atoms with Crippen LogP contribution in [0, 0.1) is 11.8 Å². The van der Waals surface area contributed by atoms with Gasteiger partial charge >= 0.3 is 0 Å². The maximum absolute atomic E-state index is 10.5. The van der Waals surface area contributed by atoms with Crippen LogP contribution in [0.1, 0.15) is 25.7 Å². The minimum atomic E-state index is 0.181. The number of hydrazine groups is 2. The lowest BCUT2D eigenvalue weighted by Crippen LogP contribution is -2.54. The van der Waals surface area contributed by atoms with Crippen LogP contribution < -0.4 is 15.8 Å². The first-order chi connectivity index (χ1) is 12.5. The van der Waals surface area contributed by atoms with Crippen LogP contribution in [0.4, 0.5) is 17.1 Å². The number of ether oxygens (including phenoxy) is 1. The van der Waals surface area contributed by atoms with Crippen LogP contribution in [-0.2, 0) is 0 Å². The number of nitrogens with one attached hydrogen (secondary N) is 2. The Balaban J connectivity index is 1.44. The van der Waals surface area contributed by atoms with Crippen LogP contribution in [-0.4, -0.2) is 16.4 Å². The summed E-state index contributed by atoms with van der Waals surface area (Å²) in [5.74, 6) is 8.34. The molecule has 3 atom stereocenters. The molecule has 2 fully saturated rings. The molecule has 138 valence electrons. The average Bonchev–Trinajstić information content (AvgIpc) is 3.27. The third-order valence-electron chi connectivity index (χ3n) is 5.54. The first-order valence-corrected chi connectivity index (χ1v) is 8.89. The van der Waals surface area contributed by atoms with Gasteiger partial charge in [-0.2, -0.15) is 5.17 Å². The number of fused-ring (bicyclic) bond motifs is 2. The molecule has 2 saturated carbocycles. The second-order valence-corrected chi connectivity index (χ2v) is 7.22. The van der Waals surface area contributed by atoms with Gasteiger partial charge < -0.3 is 16.2 Å². The molecule has 2 bridgehead atoms. The maximum atomic E-state index is 10.5. The molecular formula is C19H23N5O2-2. The Morgan fingerprint density at radius 1 is 1.04 bits per heavy atom. The highest BCUT2D eigenvalue weighted by molar-refractivity contribution is 5.64. The lowest BCUT2D eigenvalue weighted by molar-refractivity contribution is 0.0102. The second kappa shape index (κ2) is 6.68. The van der Waals surface area contributed by atoms with Crippen molar-refractivity contribution in [2.45, 2.75) is 31.7 Å². The van der Waals surface area contributed by atoms with Crippen LogP contribution in [0.15, 0.2) is 42.5 Å². The minimum Gasteiger partial charge on any atom is -0.699 e. The molecule has 0 heterocycles. The van der Waals surface area contributed by atoms with Crippen LogP contribution in [0.2, 0.25) is 0 Å². The molecule has 0 saturated heterocycles. The lowest BCUT2D eigenvalue weighted by atomic mass is 9.96. The van der Waals surface area contributed by atoms with Crippen LogP contribution in [0.25, 0.3) is 11.5 Å². The molecule has 0 amide bonds. The van der Waals surface area contributed by atoms with Gasteiger partial charge in [0, 0.05) is 0 Å². The van der Waals surface area contributed by atoms with Gasteiger partial charge in [-0.15, -0.1) is 10.8 Å². The summed E-state index contributed by atoms with van der Waals surface area (Å²) in [4.78, 5) is 0. The Bertz CT molecular complexity index is 782. The number of benzene rings is 2. The zero-order chi connectivity index (χ0) is 18.3. The Kier molecular flexibility index (Phi) is 4.36. The Labute approximate surface area is 152 Å². The normalized spacial score (nSPS) is 24.2. The first-order valence-electron chi connectivity index (χ1n) is 8.89. The molecule has 26 heavy (non-hydrogen) atoms. The predicted molar refractivity (Wildman–Crippen MR) is 100 cm³/mol. The number of anilines is 1. The minimum absolute atomic E-state index is 0.181. The van der Waals surface area contributed by atoms with Gasteiger partial charge in [-0.1, -0.05) is 24.2 Å². The van der Waals surface area contributed by atoms with Gasteiger partial charge in [0.2, 0.25) is 0 Å². The van der Waals surface area contributed by atoms with Gasteiger partial charge in [-0.05, 0) is 61.4 Å². The summed E-state index contributed by atoms with van der Waals surface area (Å²) in [7, 11) is 0. The van der Waals surface area contributed by atoms with E-state index in [9.17, 15) is 5.21 Å². The van der Waals surface area contributed by atoms with Gasteiger partial charge in [0.15, 0.2) is 0 Å². The largest absolute Gasteiger partial charge is 0.699 e. The predicted octanol–water partition coefficient (Wildman–Crippen LogP) is 5.32. The molecule has 3 unspecified atom stereocenters. The third kappa shape index (κ3) is 3.16. The molecule has 2 aliphatic rings. The van der Waals surface area contributed by atoms with Crippen molar-refractivity contribution in [2.24, 2.45) is 17.7 Å². The van der Waals surface area contributed by atoms with E-state index in [1.165, 1.54) is 36.5 Å². The van der Waals surface area contributed by atoms with E-state index in [0.29, 0.717) is 28.8 Å². The molecule has 2 aromatic rings. The highest BCUT2D eigenvalue weighted by Gasteiger charge is 2.43. The van der Waals surface area contributed by atoms with Crippen molar-refractivity contribution < 1.29 is 9.94 Å². The van der Waals surface area contributed by atoms with Crippen molar-refractivity contribution in [3.63, 3.8) is 0 Å². The molecule has 0 spiro atoms. The van der Waals surface area contributed by atoms with Crippen molar-refractivity contribution in [3.05, 3.63) is 53.9 Å². The quantitative estimate of drug-likeness (QED) is 0.558. The van der Waals surface area contributed by atoms with Gasteiger partial charge in [0.25, 0.3) is 0 Å². The fourth-order valence-electron chi connectivity index (χ4n) is 4.19. The van der Waals surface area contributed by atoms with Crippen LogP contribution >= 0.6 is 0 Å². The average molecular weight is 353 g/mol. The molecule has 0 radical (unpaired) electrons. The van der Waals surface area contributed by atoms with E-state index in [2.05, 4.69) is 0 Å². The number of hydrogen-bond donors (Lipinski definition) is 2. The lowest BCUT2D eigenvalue weighted by Gasteiger charge is -2.35. The van der Waals surface area contributed by atoms with E-state index in [1.807, 2.05) is 0 Å². The van der Waals surface area contributed by atoms with E-state index in [1.54, 1.807) is 30.3 Å². The Morgan fingerprint density at radius 3 is 2.46 bits per heavy atom. The summed E-state index contributed by atoms with van der Waals surface area (Å²) in [6.45, 7) is 0. The zero-order valence-electron chi connectivity index (χ0n) is 14.4. The molecule has 2 aromatic carbocycles. The molecule has 2 aliphatic carbocycles. The smallest absolute Gasteiger partial charge is 0.127 e. The zero-order valence-corrected chi connectivity index (χ0v) is 14.4. The van der Waals surface area contributed by atoms with Crippen LogP contribution in [0.3, 0.4) is 0 Å².